The molecule has 27 heavy (non-hydrogen) atoms. The van der Waals surface area contributed by atoms with Crippen LogP contribution in [0.25, 0.3) is 0 Å². The van der Waals surface area contributed by atoms with Gasteiger partial charge in [-0.2, -0.15) is 0 Å². The molecule has 3 rings (SSSR count). The number of amides is 1. The molecule has 3 heterocycles. The first-order chi connectivity index (χ1) is 12.9. The number of carbonyl (C=O) groups excluding carboxylic acids is 3. The SMILES string of the molecule is CCOC(=O)C1=C(N)N2C(=O)C(C)SC2=C(C(=O)OCC)C1c1cccs1. The maximum absolute atomic E-state index is 12.9. The molecule has 2 aliphatic heterocycles. The van der Waals surface area contributed by atoms with E-state index in [4.69, 9.17) is 15.2 Å². The molecule has 0 aromatic carbocycles. The molecule has 1 aromatic heterocycles. The molecule has 1 amide bonds. The molecular formula is C18H20N2O5S2. The zero-order valence-corrected chi connectivity index (χ0v) is 16.8. The Morgan fingerprint density at radius 1 is 1.19 bits per heavy atom. The van der Waals surface area contributed by atoms with Gasteiger partial charge in [0.05, 0.1) is 40.6 Å². The molecule has 0 bridgehead atoms. The van der Waals surface area contributed by atoms with Crippen LogP contribution in [0.3, 0.4) is 0 Å². The molecule has 0 saturated carbocycles. The van der Waals surface area contributed by atoms with E-state index in [1.165, 1.54) is 28.0 Å². The van der Waals surface area contributed by atoms with Crippen LogP contribution in [0.1, 0.15) is 31.6 Å². The van der Waals surface area contributed by atoms with Crippen molar-refractivity contribution in [3.05, 3.63) is 44.4 Å². The van der Waals surface area contributed by atoms with Gasteiger partial charge < -0.3 is 15.2 Å². The smallest absolute Gasteiger partial charge is 0.338 e. The van der Waals surface area contributed by atoms with Gasteiger partial charge in [0, 0.05) is 4.88 Å². The van der Waals surface area contributed by atoms with Gasteiger partial charge in [0.25, 0.3) is 0 Å². The summed E-state index contributed by atoms with van der Waals surface area (Å²) in [5.74, 6) is -2.22. The number of ether oxygens (including phenoxy) is 2. The van der Waals surface area contributed by atoms with Gasteiger partial charge in [0.1, 0.15) is 5.82 Å². The molecule has 9 heteroatoms. The highest BCUT2D eigenvalue weighted by molar-refractivity contribution is 8.04. The third-order valence-corrected chi connectivity index (χ3v) is 6.32. The Bertz CT molecular complexity index is 844. The van der Waals surface area contributed by atoms with Crippen LogP contribution < -0.4 is 5.73 Å². The summed E-state index contributed by atoms with van der Waals surface area (Å²) in [4.78, 5) is 40.2. The zero-order valence-electron chi connectivity index (χ0n) is 15.2. The Morgan fingerprint density at radius 3 is 2.37 bits per heavy atom. The van der Waals surface area contributed by atoms with Crippen LogP contribution in [0, 0.1) is 0 Å². The molecule has 2 unspecified atom stereocenters. The van der Waals surface area contributed by atoms with E-state index < -0.39 is 23.1 Å². The monoisotopic (exact) mass is 408 g/mol. The Hall–Kier alpha value is -2.26. The first-order valence-electron chi connectivity index (χ1n) is 8.54. The van der Waals surface area contributed by atoms with E-state index in [2.05, 4.69) is 0 Å². The van der Waals surface area contributed by atoms with E-state index in [1.807, 2.05) is 17.5 Å². The summed E-state index contributed by atoms with van der Waals surface area (Å²) in [5, 5.41) is 1.85. The van der Waals surface area contributed by atoms with Gasteiger partial charge in [-0.15, -0.1) is 11.3 Å². The minimum atomic E-state index is -0.736. The predicted octanol–water partition coefficient (Wildman–Crippen LogP) is 2.32. The summed E-state index contributed by atoms with van der Waals surface area (Å²) in [6.45, 7) is 5.45. The van der Waals surface area contributed by atoms with E-state index in [0.717, 1.165) is 4.88 Å². The van der Waals surface area contributed by atoms with Crippen molar-refractivity contribution in [2.75, 3.05) is 13.2 Å². The van der Waals surface area contributed by atoms with Crippen LogP contribution in [-0.4, -0.2) is 41.2 Å². The van der Waals surface area contributed by atoms with Crippen LogP contribution in [0.15, 0.2) is 39.5 Å². The Balaban J connectivity index is 2.26. The highest BCUT2D eigenvalue weighted by Crippen LogP contribution is 2.50. The largest absolute Gasteiger partial charge is 0.463 e. The summed E-state index contributed by atoms with van der Waals surface area (Å²) < 4.78 is 10.4. The highest BCUT2D eigenvalue weighted by Gasteiger charge is 2.49. The molecule has 0 radical (unpaired) electrons. The maximum atomic E-state index is 12.9. The summed E-state index contributed by atoms with van der Waals surface area (Å²) in [5.41, 5.74) is 6.61. The van der Waals surface area contributed by atoms with E-state index >= 15 is 0 Å². The number of nitrogens with zero attached hydrogens (tertiary/aromatic N) is 1. The molecule has 1 aromatic rings. The van der Waals surface area contributed by atoms with Crippen LogP contribution in [0.5, 0.6) is 0 Å². The first kappa shape index (κ1) is 19.5. The fourth-order valence-electron chi connectivity index (χ4n) is 3.09. The quantitative estimate of drug-likeness (QED) is 0.747. The Kier molecular flexibility index (Phi) is 5.61. The molecule has 2 aliphatic rings. The first-order valence-corrected chi connectivity index (χ1v) is 10.3. The molecule has 1 saturated heterocycles. The summed E-state index contributed by atoms with van der Waals surface area (Å²) in [7, 11) is 0. The third kappa shape index (κ3) is 3.25. The van der Waals surface area contributed by atoms with Gasteiger partial charge >= 0.3 is 11.9 Å². The van der Waals surface area contributed by atoms with E-state index in [9.17, 15) is 14.4 Å². The van der Waals surface area contributed by atoms with Crippen molar-refractivity contribution in [3.8, 4) is 0 Å². The zero-order chi connectivity index (χ0) is 19.7. The van der Waals surface area contributed by atoms with Crippen molar-refractivity contribution in [2.45, 2.75) is 31.9 Å². The second-order valence-electron chi connectivity index (χ2n) is 5.84. The molecule has 0 spiro atoms. The van der Waals surface area contributed by atoms with Crippen LogP contribution >= 0.6 is 23.1 Å². The minimum absolute atomic E-state index is 0.0109. The number of thiophene rings is 1. The Morgan fingerprint density at radius 2 is 1.81 bits per heavy atom. The average molecular weight is 409 g/mol. The summed E-state index contributed by atoms with van der Waals surface area (Å²) in [6, 6.07) is 3.65. The lowest BCUT2D eigenvalue weighted by molar-refractivity contribution is -0.139. The number of rotatable bonds is 5. The second kappa shape index (κ2) is 7.77. The van der Waals surface area contributed by atoms with Crippen molar-refractivity contribution in [2.24, 2.45) is 5.73 Å². The second-order valence-corrected chi connectivity index (χ2v) is 8.15. The molecular weight excluding hydrogens is 388 g/mol. The molecule has 7 nitrogen and oxygen atoms in total. The van der Waals surface area contributed by atoms with E-state index in [-0.39, 0.29) is 36.1 Å². The number of esters is 2. The average Bonchev–Trinajstić information content (AvgIpc) is 3.24. The third-order valence-electron chi connectivity index (χ3n) is 4.20. The molecule has 144 valence electrons. The Labute approximate surface area is 165 Å². The molecule has 2 atom stereocenters. The number of fused-ring (bicyclic) bond motifs is 1. The number of hydrogen-bond donors (Lipinski definition) is 1. The van der Waals surface area contributed by atoms with Gasteiger partial charge in [0.15, 0.2) is 0 Å². The molecule has 1 fully saturated rings. The number of carbonyl (C=O) groups is 3. The number of nitrogens with two attached hydrogens (primary N) is 1. The van der Waals surface area contributed by atoms with E-state index in [1.54, 1.807) is 20.8 Å². The lowest BCUT2D eigenvalue weighted by Gasteiger charge is -2.32. The molecule has 2 N–H and O–H groups in total. The van der Waals surface area contributed by atoms with Crippen molar-refractivity contribution in [3.63, 3.8) is 0 Å². The maximum Gasteiger partial charge on any atom is 0.338 e. The van der Waals surface area contributed by atoms with Crippen LogP contribution in [0.4, 0.5) is 0 Å². The van der Waals surface area contributed by atoms with Crippen molar-refractivity contribution in [1.82, 2.24) is 4.90 Å². The highest BCUT2D eigenvalue weighted by atomic mass is 32.2. The van der Waals surface area contributed by atoms with Crippen molar-refractivity contribution >= 4 is 40.9 Å². The number of hydrogen-bond acceptors (Lipinski definition) is 8. The standard InChI is InChI=1S/C18H20N2O5S2/c1-4-24-17(22)12-11(10-7-6-8-26-10)13(18(23)25-5-2)16-20(14(12)19)15(21)9(3)27-16/h6-9,11H,4-5,19H2,1-3H3. The topological polar surface area (TPSA) is 98.9 Å². The fourth-order valence-corrected chi connectivity index (χ4v) is 5.09. The normalized spacial score (nSPS) is 22.2. The van der Waals surface area contributed by atoms with E-state index in [0.29, 0.717) is 5.03 Å². The lowest BCUT2D eigenvalue weighted by atomic mass is 9.86. The van der Waals surface area contributed by atoms with Gasteiger partial charge in [-0.05, 0) is 32.2 Å². The summed E-state index contributed by atoms with van der Waals surface area (Å²) in [6.07, 6.45) is 0. The fraction of sp³-hybridized carbons (Fsp3) is 0.389. The van der Waals surface area contributed by atoms with Crippen LogP contribution in [-0.2, 0) is 23.9 Å². The molecule has 0 aliphatic carbocycles. The van der Waals surface area contributed by atoms with Gasteiger partial charge in [-0.25, -0.2) is 9.59 Å². The lowest BCUT2D eigenvalue weighted by Crippen LogP contribution is -2.40. The van der Waals surface area contributed by atoms with Crippen molar-refractivity contribution in [1.29, 1.82) is 0 Å². The minimum Gasteiger partial charge on any atom is -0.463 e. The predicted molar refractivity (Wildman–Crippen MR) is 102 cm³/mol. The van der Waals surface area contributed by atoms with Gasteiger partial charge in [0.2, 0.25) is 5.91 Å². The van der Waals surface area contributed by atoms with Crippen molar-refractivity contribution < 1.29 is 23.9 Å². The van der Waals surface area contributed by atoms with Gasteiger partial charge in [-0.3, -0.25) is 9.69 Å². The summed E-state index contributed by atoms with van der Waals surface area (Å²) >= 11 is 2.64. The van der Waals surface area contributed by atoms with Crippen LogP contribution in [0.2, 0.25) is 0 Å². The number of thioether (sulfide) groups is 1. The van der Waals surface area contributed by atoms with Gasteiger partial charge in [-0.1, -0.05) is 17.8 Å².